The fraction of sp³-hybridized carbons (Fsp3) is 0.409. The van der Waals surface area contributed by atoms with Gasteiger partial charge in [0.2, 0.25) is 5.91 Å². The molecule has 2 N–H and O–H groups in total. The zero-order valence-corrected chi connectivity index (χ0v) is 18.1. The Morgan fingerprint density at radius 1 is 1.19 bits per heavy atom. The zero-order chi connectivity index (χ0) is 22.2. The van der Waals surface area contributed by atoms with E-state index < -0.39 is 17.8 Å². The van der Waals surface area contributed by atoms with Crippen molar-refractivity contribution >= 4 is 29.1 Å². The molecule has 9 heteroatoms. The second-order valence-electron chi connectivity index (χ2n) is 7.35. The van der Waals surface area contributed by atoms with Gasteiger partial charge in [-0.1, -0.05) is 6.07 Å². The number of amides is 3. The molecule has 166 valence electrons. The van der Waals surface area contributed by atoms with Gasteiger partial charge in [-0.05, 0) is 54.5 Å². The van der Waals surface area contributed by atoms with Crippen LogP contribution in [0.25, 0.3) is 0 Å². The number of nitrogens with one attached hydrogen (secondary N) is 2. The lowest BCUT2D eigenvalue weighted by atomic mass is 9.88. The van der Waals surface area contributed by atoms with Crippen molar-refractivity contribution in [3.8, 4) is 0 Å². The number of nitrogens with zero attached hydrogens (tertiary/aromatic N) is 1. The summed E-state index contributed by atoms with van der Waals surface area (Å²) in [7, 11) is 1.54. The van der Waals surface area contributed by atoms with Crippen molar-refractivity contribution < 1.29 is 23.5 Å². The lowest BCUT2D eigenvalue weighted by molar-refractivity contribution is -0.124. The van der Waals surface area contributed by atoms with E-state index in [9.17, 15) is 18.8 Å². The Morgan fingerprint density at radius 3 is 2.52 bits per heavy atom. The number of halogens is 1. The summed E-state index contributed by atoms with van der Waals surface area (Å²) in [6.45, 7) is 1.71. The van der Waals surface area contributed by atoms with Gasteiger partial charge in [-0.2, -0.15) is 0 Å². The van der Waals surface area contributed by atoms with Gasteiger partial charge in [0.15, 0.2) is 0 Å². The normalized spacial score (nSPS) is 15.4. The van der Waals surface area contributed by atoms with E-state index in [1.165, 1.54) is 35.6 Å². The van der Waals surface area contributed by atoms with Crippen LogP contribution in [0.1, 0.15) is 32.9 Å². The molecule has 1 unspecified atom stereocenters. The Bertz CT molecular complexity index is 881. The minimum atomic E-state index is -0.756. The van der Waals surface area contributed by atoms with Crippen molar-refractivity contribution in [3.63, 3.8) is 0 Å². The van der Waals surface area contributed by atoms with E-state index in [1.54, 1.807) is 18.1 Å². The SMILES string of the molecule is COCCNC(=O)C(NC(=O)c1ccc(F)cc1)C1CCN(C(=O)c2cccs2)CC1. The molecule has 31 heavy (non-hydrogen) atoms. The van der Waals surface area contributed by atoms with Crippen molar-refractivity contribution in [3.05, 3.63) is 58.0 Å². The van der Waals surface area contributed by atoms with Crippen molar-refractivity contribution in [2.24, 2.45) is 5.92 Å². The number of hydrogen-bond acceptors (Lipinski definition) is 5. The van der Waals surface area contributed by atoms with Gasteiger partial charge in [0.25, 0.3) is 11.8 Å². The molecule has 1 aliphatic rings. The Balaban J connectivity index is 1.66. The number of carbonyl (C=O) groups excluding carboxylic acids is 3. The second kappa shape index (κ2) is 11.0. The van der Waals surface area contributed by atoms with Crippen LogP contribution < -0.4 is 10.6 Å². The molecule has 3 amide bonds. The Hall–Kier alpha value is -2.78. The van der Waals surface area contributed by atoms with Crippen LogP contribution >= 0.6 is 11.3 Å². The largest absolute Gasteiger partial charge is 0.383 e. The lowest BCUT2D eigenvalue weighted by Crippen LogP contribution is -2.54. The average molecular weight is 448 g/mol. The molecule has 1 saturated heterocycles. The maximum absolute atomic E-state index is 13.2. The van der Waals surface area contributed by atoms with Crippen LogP contribution in [0.4, 0.5) is 4.39 Å². The van der Waals surface area contributed by atoms with Crippen LogP contribution in [-0.2, 0) is 9.53 Å². The molecule has 1 aliphatic heterocycles. The first-order valence-electron chi connectivity index (χ1n) is 10.2. The number of thiophene rings is 1. The van der Waals surface area contributed by atoms with Crippen LogP contribution in [0.5, 0.6) is 0 Å². The van der Waals surface area contributed by atoms with Crippen molar-refractivity contribution in [2.75, 3.05) is 33.4 Å². The molecule has 1 aromatic carbocycles. The van der Waals surface area contributed by atoms with Gasteiger partial charge in [0, 0.05) is 32.3 Å². The van der Waals surface area contributed by atoms with Crippen molar-refractivity contribution in [1.29, 1.82) is 0 Å². The molecule has 3 rings (SSSR count). The monoisotopic (exact) mass is 447 g/mol. The van der Waals surface area contributed by atoms with E-state index in [4.69, 9.17) is 4.74 Å². The third-order valence-corrected chi connectivity index (χ3v) is 6.17. The number of benzene rings is 1. The number of likely N-dealkylation sites (tertiary alicyclic amines) is 1. The summed E-state index contributed by atoms with van der Waals surface area (Å²) in [6, 6.07) is 8.06. The summed E-state index contributed by atoms with van der Waals surface area (Å²) in [4.78, 5) is 40.5. The summed E-state index contributed by atoms with van der Waals surface area (Å²) in [6.07, 6.45) is 1.17. The molecule has 7 nitrogen and oxygen atoms in total. The smallest absolute Gasteiger partial charge is 0.263 e. The fourth-order valence-corrected chi connectivity index (χ4v) is 4.29. The molecular weight excluding hydrogens is 421 g/mol. The first-order valence-corrected chi connectivity index (χ1v) is 11.0. The number of ether oxygens (including phenoxy) is 1. The van der Waals surface area contributed by atoms with Gasteiger partial charge < -0.3 is 20.3 Å². The predicted octanol–water partition coefficient (Wildman–Crippen LogP) is 2.30. The van der Waals surface area contributed by atoms with Gasteiger partial charge >= 0.3 is 0 Å². The van der Waals surface area contributed by atoms with Crippen molar-refractivity contribution in [2.45, 2.75) is 18.9 Å². The minimum Gasteiger partial charge on any atom is -0.383 e. The average Bonchev–Trinajstić information content (AvgIpc) is 3.32. The molecular formula is C22H26FN3O4S. The predicted molar refractivity (Wildman–Crippen MR) is 115 cm³/mol. The number of piperidine rings is 1. The molecule has 0 saturated carbocycles. The molecule has 2 heterocycles. The van der Waals surface area contributed by atoms with Gasteiger partial charge in [-0.3, -0.25) is 14.4 Å². The number of rotatable bonds is 8. The maximum atomic E-state index is 13.2. The highest BCUT2D eigenvalue weighted by Crippen LogP contribution is 2.24. The molecule has 0 aliphatic carbocycles. The number of methoxy groups -OCH3 is 1. The van der Waals surface area contributed by atoms with Crippen LogP contribution in [0, 0.1) is 11.7 Å². The Kier molecular flexibility index (Phi) is 8.13. The first-order chi connectivity index (χ1) is 15.0. The molecule has 1 fully saturated rings. The summed E-state index contributed by atoms with van der Waals surface area (Å²) < 4.78 is 18.1. The standard InChI is InChI=1S/C22H26FN3O4S/c1-30-13-10-24-21(28)19(25-20(27)16-4-6-17(23)7-5-16)15-8-11-26(12-9-15)22(29)18-3-2-14-31-18/h2-7,14-15,19H,8-13H2,1H3,(H,24,28)(H,25,27). The Morgan fingerprint density at radius 2 is 1.90 bits per heavy atom. The summed E-state index contributed by atoms with van der Waals surface area (Å²) in [5.41, 5.74) is 0.279. The molecule has 1 atom stereocenters. The summed E-state index contributed by atoms with van der Waals surface area (Å²) in [5, 5.41) is 7.46. The molecule has 0 radical (unpaired) electrons. The maximum Gasteiger partial charge on any atom is 0.263 e. The van der Waals surface area contributed by atoms with E-state index in [2.05, 4.69) is 10.6 Å². The molecule has 2 aromatic rings. The van der Waals surface area contributed by atoms with E-state index >= 15 is 0 Å². The molecule has 0 spiro atoms. The summed E-state index contributed by atoms with van der Waals surface area (Å²) >= 11 is 1.40. The minimum absolute atomic E-state index is 0.00936. The second-order valence-corrected chi connectivity index (χ2v) is 8.30. The van der Waals surface area contributed by atoms with E-state index in [-0.39, 0.29) is 23.3 Å². The highest BCUT2D eigenvalue weighted by molar-refractivity contribution is 7.12. The topological polar surface area (TPSA) is 87.7 Å². The number of hydrogen-bond donors (Lipinski definition) is 2. The third kappa shape index (κ3) is 6.11. The van der Waals surface area contributed by atoms with Crippen LogP contribution in [0.2, 0.25) is 0 Å². The van der Waals surface area contributed by atoms with E-state index in [0.717, 1.165) is 0 Å². The number of carbonyl (C=O) groups is 3. The first kappa shape index (κ1) is 22.9. The lowest BCUT2D eigenvalue weighted by Gasteiger charge is -2.35. The van der Waals surface area contributed by atoms with Crippen LogP contribution in [0.15, 0.2) is 41.8 Å². The Labute approximate surface area is 184 Å². The molecule has 1 aromatic heterocycles. The highest BCUT2D eigenvalue weighted by Gasteiger charge is 2.34. The fourth-order valence-electron chi connectivity index (χ4n) is 3.60. The summed E-state index contributed by atoms with van der Waals surface area (Å²) in [5.74, 6) is -1.31. The van der Waals surface area contributed by atoms with Gasteiger partial charge in [0.05, 0.1) is 11.5 Å². The van der Waals surface area contributed by atoms with Gasteiger partial charge in [-0.25, -0.2) is 4.39 Å². The van der Waals surface area contributed by atoms with Gasteiger partial charge in [-0.15, -0.1) is 11.3 Å². The van der Waals surface area contributed by atoms with Gasteiger partial charge in [0.1, 0.15) is 11.9 Å². The van der Waals surface area contributed by atoms with Crippen LogP contribution in [0.3, 0.4) is 0 Å². The van der Waals surface area contributed by atoms with Crippen molar-refractivity contribution in [1.82, 2.24) is 15.5 Å². The van der Waals surface area contributed by atoms with Crippen LogP contribution in [-0.4, -0.2) is 62.0 Å². The molecule has 0 bridgehead atoms. The highest BCUT2D eigenvalue weighted by atomic mass is 32.1. The third-order valence-electron chi connectivity index (χ3n) is 5.31. The van der Waals surface area contributed by atoms with E-state index in [1.807, 2.05) is 11.4 Å². The quantitative estimate of drug-likeness (QED) is 0.608. The van der Waals surface area contributed by atoms with E-state index in [0.29, 0.717) is 44.0 Å². The zero-order valence-electron chi connectivity index (χ0n) is 17.3.